The Morgan fingerprint density at radius 1 is 1.15 bits per heavy atom. The Kier molecular flexibility index (Phi) is 7.53. The zero-order chi connectivity index (χ0) is 19.7. The maximum absolute atomic E-state index is 12.6. The van der Waals surface area contributed by atoms with Crippen molar-refractivity contribution in [2.45, 2.75) is 52.2 Å². The molecule has 0 saturated carbocycles. The normalized spacial score (nSPS) is 11.1. The van der Waals surface area contributed by atoms with Crippen molar-refractivity contribution >= 4 is 12.4 Å². The van der Waals surface area contributed by atoms with Crippen LogP contribution in [0.25, 0.3) is 0 Å². The molecule has 0 N–H and O–H groups in total. The van der Waals surface area contributed by atoms with Gasteiger partial charge in [0.05, 0.1) is 0 Å². The van der Waals surface area contributed by atoms with E-state index in [1.807, 2.05) is 63.2 Å². The van der Waals surface area contributed by atoms with E-state index in [1.54, 1.807) is 11.1 Å². The molecule has 1 aromatic heterocycles. The van der Waals surface area contributed by atoms with Crippen LogP contribution in [-0.2, 0) is 28.9 Å². The molecule has 0 bridgehead atoms. The first-order valence-corrected chi connectivity index (χ1v) is 9.26. The van der Waals surface area contributed by atoms with Crippen LogP contribution in [0.4, 0.5) is 4.79 Å². The molecule has 2 aromatic rings. The molecule has 144 valence electrons. The highest BCUT2D eigenvalue weighted by Gasteiger charge is 2.22. The third kappa shape index (κ3) is 7.60. The van der Waals surface area contributed by atoms with Gasteiger partial charge in [-0.1, -0.05) is 30.3 Å². The second-order valence-corrected chi connectivity index (χ2v) is 7.52. The zero-order valence-corrected chi connectivity index (χ0v) is 16.4. The van der Waals surface area contributed by atoms with Gasteiger partial charge in [0.2, 0.25) is 0 Å². The molecule has 1 aromatic carbocycles. The summed E-state index contributed by atoms with van der Waals surface area (Å²) in [4.78, 5) is 29.5. The molecule has 0 aliphatic rings. The number of aromatic nitrogens is 1. The number of aldehydes is 1. The number of rotatable bonds is 8. The first-order valence-electron chi connectivity index (χ1n) is 9.26. The van der Waals surface area contributed by atoms with Gasteiger partial charge in [-0.05, 0) is 56.9 Å². The minimum Gasteiger partial charge on any atom is -0.444 e. The van der Waals surface area contributed by atoms with E-state index < -0.39 is 5.60 Å². The molecule has 0 fully saturated rings. The van der Waals surface area contributed by atoms with Crippen molar-refractivity contribution in [2.75, 3.05) is 6.54 Å². The van der Waals surface area contributed by atoms with Gasteiger partial charge in [0.15, 0.2) is 0 Å². The lowest BCUT2D eigenvalue weighted by atomic mass is 10.1. The fourth-order valence-corrected chi connectivity index (χ4v) is 2.73. The third-order valence-electron chi connectivity index (χ3n) is 3.92. The minimum atomic E-state index is -0.546. The average Bonchev–Trinajstić information content (AvgIpc) is 2.61. The summed E-state index contributed by atoms with van der Waals surface area (Å²) in [7, 11) is 0. The molecule has 0 saturated heterocycles. The summed E-state index contributed by atoms with van der Waals surface area (Å²) >= 11 is 0. The number of carbonyl (C=O) groups is 2. The molecule has 0 unspecified atom stereocenters. The first kappa shape index (κ1) is 20.6. The summed E-state index contributed by atoms with van der Waals surface area (Å²) in [6.45, 7) is 6.61. The number of amides is 1. The van der Waals surface area contributed by atoms with Crippen molar-refractivity contribution in [1.82, 2.24) is 9.88 Å². The van der Waals surface area contributed by atoms with Gasteiger partial charge in [0.25, 0.3) is 0 Å². The van der Waals surface area contributed by atoms with Crippen LogP contribution in [0.15, 0.2) is 48.7 Å². The standard InChI is InChI=1S/C22H28N2O3/c1-22(2,3)27-21(26)24(14-7-11-20-10-4-5-13-23-20)17-19-9-6-8-18(16-19)12-15-25/h4-6,8-10,13,15-16H,7,11-12,14,17H2,1-3H3. The maximum Gasteiger partial charge on any atom is 0.410 e. The lowest BCUT2D eigenvalue weighted by Crippen LogP contribution is -2.37. The van der Waals surface area contributed by atoms with E-state index in [-0.39, 0.29) is 6.09 Å². The van der Waals surface area contributed by atoms with E-state index in [4.69, 9.17) is 4.74 Å². The number of carbonyl (C=O) groups excluding carboxylic acids is 2. The van der Waals surface area contributed by atoms with E-state index in [2.05, 4.69) is 4.98 Å². The van der Waals surface area contributed by atoms with Crippen LogP contribution in [0.3, 0.4) is 0 Å². The number of hydrogen-bond acceptors (Lipinski definition) is 4. The van der Waals surface area contributed by atoms with Gasteiger partial charge in [-0.2, -0.15) is 0 Å². The molecule has 5 nitrogen and oxygen atoms in total. The number of hydrogen-bond donors (Lipinski definition) is 0. The Labute approximate surface area is 161 Å². The fraction of sp³-hybridized carbons (Fsp3) is 0.409. The summed E-state index contributed by atoms with van der Waals surface area (Å²) in [5, 5.41) is 0. The number of benzene rings is 1. The van der Waals surface area contributed by atoms with Crippen LogP contribution in [0.5, 0.6) is 0 Å². The largest absolute Gasteiger partial charge is 0.444 e. The van der Waals surface area contributed by atoms with Crippen LogP contribution >= 0.6 is 0 Å². The summed E-state index contributed by atoms with van der Waals surface area (Å²) in [5.41, 5.74) is 2.39. The predicted molar refractivity (Wildman–Crippen MR) is 105 cm³/mol. The molecule has 0 atom stereocenters. The van der Waals surface area contributed by atoms with Crippen LogP contribution in [0.2, 0.25) is 0 Å². The Balaban J connectivity index is 2.05. The molecule has 5 heteroatoms. The van der Waals surface area contributed by atoms with Crippen LogP contribution in [0, 0.1) is 0 Å². The number of pyridine rings is 1. The lowest BCUT2D eigenvalue weighted by Gasteiger charge is -2.27. The summed E-state index contributed by atoms with van der Waals surface area (Å²) in [6, 6.07) is 13.6. The monoisotopic (exact) mass is 368 g/mol. The minimum absolute atomic E-state index is 0.329. The molecule has 0 aliphatic carbocycles. The number of ether oxygens (including phenoxy) is 1. The molecule has 0 spiro atoms. The van der Waals surface area contributed by atoms with Crippen molar-refractivity contribution in [3.63, 3.8) is 0 Å². The van der Waals surface area contributed by atoms with Gasteiger partial charge in [0, 0.05) is 31.4 Å². The lowest BCUT2D eigenvalue weighted by molar-refractivity contribution is -0.107. The zero-order valence-electron chi connectivity index (χ0n) is 16.4. The van der Waals surface area contributed by atoms with Gasteiger partial charge in [-0.25, -0.2) is 4.79 Å². The van der Waals surface area contributed by atoms with E-state index >= 15 is 0 Å². The van der Waals surface area contributed by atoms with Gasteiger partial charge in [0.1, 0.15) is 11.9 Å². The molecular weight excluding hydrogens is 340 g/mol. The summed E-state index contributed by atoms with van der Waals surface area (Å²) < 4.78 is 5.57. The van der Waals surface area contributed by atoms with Crippen LogP contribution < -0.4 is 0 Å². The Morgan fingerprint density at radius 2 is 1.93 bits per heavy atom. The fourth-order valence-electron chi connectivity index (χ4n) is 2.73. The van der Waals surface area contributed by atoms with Gasteiger partial charge in [-0.15, -0.1) is 0 Å². The van der Waals surface area contributed by atoms with E-state index in [0.29, 0.717) is 19.5 Å². The van der Waals surface area contributed by atoms with Crippen molar-refractivity contribution in [2.24, 2.45) is 0 Å². The quantitative estimate of drug-likeness (QED) is 0.656. The maximum atomic E-state index is 12.6. The molecule has 1 amide bonds. The topological polar surface area (TPSA) is 59.5 Å². The highest BCUT2D eigenvalue weighted by molar-refractivity contribution is 5.68. The van der Waals surface area contributed by atoms with Gasteiger partial charge < -0.3 is 14.4 Å². The summed E-state index contributed by atoms with van der Waals surface area (Å²) in [6.07, 6.45) is 4.30. The highest BCUT2D eigenvalue weighted by atomic mass is 16.6. The van der Waals surface area contributed by atoms with E-state index in [1.165, 1.54) is 0 Å². The smallest absolute Gasteiger partial charge is 0.410 e. The molecule has 0 radical (unpaired) electrons. The van der Waals surface area contributed by atoms with Crippen molar-refractivity contribution < 1.29 is 14.3 Å². The van der Waals surface area contributed by atoms with Gasteiger partial charge >= 0.3 is 6.09 Å². The predicted octanol–water partition coefficient (Wildman–Crippen LogP) is 4.19. The molecule has 1 heterocycles. The second-order valence-electron chi connectivity index (χ2n) is 7.52. The first-order chi connectivity index (χ1) is 12.9. The molecule has 0 aliphatic heterocycles. The van der Waals surface area contributed by atoms with Gasteiger partial charge in [-0.3, -0.25) is 4.98 Å². The Bertz CT molecular complexity index is 739. The van der Waals surface area contributed by atoms with Crippen molar-refractivity contribution in [3.8, 4) is 0 Å². The van der Waals surface area contributed by atoms with E-state index in [0.717, 1.165) is 35.9 Å². The average molecular weight is 368 g/mol. The Morgan fingerprint density at radius 3 is 2.59 bits per heavy atom. The molecule has 27 heavy (non-hydrogen) atoms. The number of nitrogens with zero attached hydrogens (tertiary/aromatic N) is 2. The molecular formula is C22H28N2O3. The second kappa shape index (κ2) is 9.86. The van der Waals surface area contributed by atoms with Crippen molar-refractivity contribution in [3.05, 3.63) is 65.5 Å². The Hall–Kier alpha value is -2.69. The molecule has 2 rings (SSSR count). The SMILES string of the molecule is CC(C)(C)OC(=O)N(CCCc1ccccn1)Cc1cccc(CC=O)c1. The summed E-state index contributed by atoms with van der Waals surface area (Å²) in [5.74, 6) is 0. The van der Waals surface area contributed by atoms with E-state index in [9.17, 15) is 9.59 Å². The third-order valence-corrected chi connectivity index (χ3v) is 3.92. The number of aryl methyl sites for hydroxylation is 1. The van der Waals surface area contributed by atoms with Crippen molar-refractivity contribution in [1.29, 1.82) is 0 Å². The van der Waals surface area contributed by atoms with Crippen LogP contribution in [0.1, 0.15) is 44.0 Å². The highest BCUT2D eigenvalue weighted by Crippen LogP contribution is 2.15. The van der Waals surface area contributed by atoms with Crippen LogP contribution in [-0.4, -0.2) is 34.4 Å².